The van der Waals surface area contributed by atoms with E-state index >= 15 is 0 Å². The topological polar surface area (TPSA) is 26.3 Å². The third-order valence-electron chi connectivity index (χ3n) is 3.64. The Labute approximate surface area is 123 Å². The van der Waals surface area contributed by atoms with Crippen LogP contribution in [0.1, 0.15) is 33.7 Å². The highest BCUT2D eigenvalue weighted by molar-refractivity contribution is 7.99. The molecule has 0 fully saturated rings. The Morgan fingerprint density at radius 2 is 1.90 bits per heavy atom. The van der Waals surface area contributed by atoms with E-state index in [2.05, 4.69) is 31.2 Å². The van der Waals surface area contributed by atoms with E-state index in [9.17, 15) is 4.79 Å². The summed E-state index contributed by atoms with van der Waals surface area (Å²) in [5.74, 6) is 0.755. The molecule has 0 radical (unpaired) electrons. The summed E-state index contributed by atoms with van der Waals surface area (Å²) in [6.07, 6.45) is 0. The molecule has 1 aliphatic carbocycles. The number of methoxy groups -OCH3 is 1. The van der Waals surface area contributed by atoms with Crippen LogP contribution < -0.4 is 0 Å². The van der Waals surface area contributed by atoms with Crippen molar-refractivity contribution >= 4 is 17.7 Å². The molecule has 0 saturated heterocycles. The van der Waals surface area contributed by atoms with Crippen molar-refractivity contribution in [3.05, 3.63) is 59.2 Å². The third-order valence-corrected chi connectivity index (χ3v) is 4.80. The Morgan fingerprint density at radius 3 is 2.65 bits per heavy atom. The van der Waals surface area contributed by atoms with E-state index in [1.165, 1.54) is 18.2 Å². The van der Waals surface area contributed by atoms with Gasteiger partial charge in [-0.05, 0) is 34.1 Å². The number of ether oxygens (including phenoxy) is 1. The standard InChI is InChI=1S/C17H16O2S/c1-3-20-16-13-8-5-4-7-11(13)12-9-6-10-14(15(12)16)17(18)19-2/h4-10,16H,3H2,1-2H3. The highest BCUT2D eigenvalue weighted by atomic mass is 32.2. The molecule has 0 spiro atoms. The molecule has 0 heterocycles. The van der Waals surface area contributed by atoms with Crippen molar-refractivity contribution in [2.75, 3.05) is 12.9 Å². The lowest BCUT2D eigenvalue weighted by molar-refractivity contribution is 0.0599. The van der Waals surface area contributed by atoms with Crippen molar-refractivity contribution in [1.82, 2.24) is 0 Å². The summed E-state index contributed by atoms with van der Waals surface area (Å²) in [6, 6.07) is 14.3. The minimum Gasteiger partial charge on any atom is -0.465 e. The molecule has 2 aromatic rings. The summed E-state index contributed by atoms with van der Waals surface area (Å²) >= 11 is 1.86. The van der Waals surface area contributed by atoms with Gasteiger partial charge < -0.3 is 4.74 Å². The maximum atomic E-state index is 12.0. The number of carbonyl (C=O) groups is 1. The zero-order chi connectivity index (χ0) is 14.1. The van der Waals surface area contributed by atoms with Crippen LogP contribution in [0.4, 0.5) is 0 Å². The van der Waals surface area contributed by atoms with Crippen LogP contribution in [0, 0.1) is 0 Å². The van der Waals surface area contributed by atoms with Crippen molar-refractivity contribution < 1.29 is 9.53 Å². The first kappa shape index (κ1) is 13.3. The monoisotopic (exact) mass is 284 g/mol. The van der Waals surface area contributed by atoms with Gasteiger partial charge in [-0.2, -0.15) is 0 Å². The molecule has 1 aliphatic rings. The summed E-state index contributed by atoms with van der Waals surface area (Å²) in [7, 11) is 1.44. The SMILES string of the molecule is CCSC1c2ccccc2-c2cccc(C(=O)OC)c21. The van der Waals surface area contributed by atoms with E-state index in [4.69, 9.17) is 4.74 Å². The largest absolute Gasteiger partial charge is 0.465 e. The van der Waals surface area contributed by atoms with E-state index in [1.54, 1.807) is 0 Å². The number of hydrogen-bond donors (Lipinski definition) is 0. The van der Waals surface area contributed by atoms with Gasteiger partial charge in [0.25, 0.3) is 0 Å². The first-order valence-electron chi connectivity index (χ1n) is 6.70. The zero-order valence-electron chi connectivity index (χ0n) is 11.6. The second-order valence-corrected chi connectivity index (χ2v) is 6.06. The normalized spacial score (nSPS) is 15.6. The fraction of sp³-hybridized carbons (Fsp3) is 0.235. The molecule has 0 saturated carbocycles. The van der Waals surface area contributed by atoms with Crippen molar-refractivity contribution in [3.63, 3.8) is 0 Å². The van der Waals surface area contributed by atoms with Crippen molar-refractivity contribution in [2.45, 2.75) is 12.2 Å². The second-order valence-electron chi connectivity index (χ2n) is 4.68. The van der Waals surface area contributed by atoms with Crippen LogP contribution in [-0.2, 0) is 4.74 Å². The number of hydrogen-bond acceptors (Lipinski definition) is 3. The highest BCUT2D eigenvalue weighted by Gasteiger charge is 2.32. The Kier molecular flexibility index (Phi) is 3.53. The Bertz CT molecular complexity index is 664. The molecule has 0 bridgehead atoms. The minimum atomic E-state index is -0.253. The molecule has 0 aliphatic heterocycles. The Hall–Kier alpha value is -1.74. The number of rotatable bonds is 3. The van der Waals surface area contributed by atoms with Crippen LogP contribution in [0.5, 0.6) is 0 Å². The van der Waals surface area contributed by atoms with E-state index in [1.807, 2.05) is 30.0 Å². The summed E-state index contributed by atoms with van der Waals surface area (Å²) in [5.41, 5.74) is 5.49. The van der Waals surface area contributed by atoms with Crippen LogP contribution in [0.25, 0.3) is 11.1 Å². The quantitative estimate of drug-likeness (QED) is 0.786. The molecule has 2 nitrogen and oxygen atoms in total. The average molecular weight is 284 g/mol. The van der Waals surface area contributed by atoms with Gasteiger partial charge in [-0.25, -0.2) is 4.79 Å². The van der Waals surface area contributed by atoms with Gasteiger partial charge >= 0.3 is 5.97 Å². The van der Waals surface area contributed by atoms with Crippen molar-refractivity contribution in [3.8, 4) is 11.1 Å². The van der Waals surface area contributed by atoms with Gasteiger partial charge in [0.15, 0.2) is 0 Å². The van der Waals surface area contributed by atoms with Gasteiger partial charge in [0.05, 0.1) is 17.9 Å². The molecule has 102 valence electrons. The summed E-state index contributed by atoms with van der Waals surface area (Å²) < 4.78 is 4.94. The summed E-state index contributed by atoms with van der Waals surface area (Å²) in [5, 5.41) is 0.224. The Morgan fingerprint density at radius 1 is 1.15 bits per heavy atom. The number of benzene rings is 2. The first-order chi connectivity index (χ1) is 9.77. The molecule has 2 aromatic carbocycles. The second kappa shape index (κ2) is 5.33. The van der Waals surface area contributed by atoms with Crippen LogP contribution in [0.15, 0.2) is 42.5 Å². The lowest BCUT2D eigenvalue weighted by Crippen LogP contribution is -2.07. The number of esters is 1. The molecule has 20 heavy (non-hydrogen) atoms. The highest BCUT2D eigenvalue weighted by Crippen LogP contribution is 2.51. The predicted molar refractivity (Wildman–Crippen MR) is 83.2 cm³/mol. The van der Waals surface area contributed by atoms with Crippen LogP contribution in [0.3, 0.4) is 0 Å². The summed E-state index contributed by atoms with van der Waals surface area (Å²) in [4.78, 5) is 12.0. The van der Waals surface area contributed by atoms with Gasteiger partial charge in [0.1, 0.15) is 0 Å². The van der Waals surface area contributed by atoms with Crippen molar-refractivity contribution in [2.24, 2.45) is 0 Å². The number of fused-ring (bicyclic) bond motifs is 3. The number of carbonyl (C=O) groups excluding carboxylic acids is 1. The van der Waals surface area contributed by atoms with Crippen LogP contribution >= 0.6 is 11.8 Å². The van der Waals surface area contributed by atoms with Crippen LogP contribution in [0.2, 0.25) is 0 Å². The maximum absolute atomic E-state index is 12.0. The van der Waals surface area contributed by atoms with Gasteiger partial charge in [0, 0.05) is 0 Å². The third kappa shape index (κ3) is 1.93. The molecule has 0 amide bonds. The average Bonchev–Trinajstić information content (AvgIpc) is 2.82. The van der Waals surface area contributed by atoms with Crippen molar-refractivity contribution in [1.29, 1.82) is 0 Å². The molecule has 1 unspecified atom stereocenters. The maximum Gasteiger partial charge on any atom is 0.338 e. The fourth-order valence-electron chi connectivity index (χ4n) is 2.84. The molecular formula is C17H16O2S. The molecule has 0 aromatic heterocycles. The van der Waals surface area contributed by atoms with Crippen LogP contribution in [-0.4, -0.2) is 18.8 Å². The van der Waals surface area contributed by atoms with E-state index < -0.39 is 0 Å². The lowest BCUT2D eigenvalue weighted by atomic mass is 10.0. The lowest BCUT2D eigenvalue weighted by Gasteiger charge is -2.14. The van der Waals surface area contributed by atoms with E-state index in [-0.39, 0.29) is 11.2 Å². The van der Waals surface area contributed by atoms with Gasteiger partial charge in [-0.15, -0.1) is 11.8 Å². The van der Waals surface area contributed by atoms with Gasteiger partial charge in [0.2, 0.25) is 0 Å². The molecular weight excluding hydrogens is 268 g/mol. The van der Waals surface area contributed by atoms with E-state index in [0.717, 1.165) is 16.9 Å². The van der Waals surface area contributed by atoms with E-state index in [0.29, 0.717) is 5.56 Å². The molecule has 0 N–H and O–H groups in total. The molecule has 3 rings (SSSR count). The first-order valence-corrected chi connectivity index (χ1v) is 7.75. The fourth-order valence-corrected chi connectivity index (χ4v) is 3.98. The molecule has 1 atom stereocenters. The van der Waals surface area contributed by atoms with Gasteiger partial charge in [-0.1, -0.05) is 43.3 Å². The Balaban J connectivity index is 2.24. The summed E-state index contributed by atoms with van der Waals surface area (Å²) in [6.45, 7) is 2.14. The zero-order valence-corrected chi connectivity index (χ0v) is 12.4. The number of thioether (sulfide) groups is 1. The van der Waals surface area contributed by atoms with Gasteiger partial charge in [-0.3, -0.25) is 0 Å². The smallest absolute Gasteiger partial charge is 0.338 e. The minimum absolute atomic E-state index is 0.224. The molecule has 3 heteroatoms. The predicted octanol–water partition coefficient (Wildman–Crippen LogP) is 4.30.